The molecule has 2 rings (SSSR count). The second-order valence-corrected chi connectivity index (χ2v) is 5.06. The van der Waals surface area contributed by atoms with E-state index in [0.717, 1.165) is 29.3 Å². The minimum Gasteiger partial charge on any atom is -0.472 e. The van der Waals surface area contributed by atoms with E-state index in [2.05, 4.69) is 28.7 Å². The van der Waals surface area contributed by atoms with E-state index in [1.165, 1.54) is 0 Å². The third-order valence-electron chi connectivity index (χ3n) is 3.05. The molecule has 2 heterocycles. The lowest BCUT2D eigenvalue weighted by atomic mass is 10.2. The van der Waals surface area contributed by atoms with Gasteiger partial charge in [0.15, 0.2) is 0 Å². The molecule has 19 heavy (non-hydrogen) atoms. The van der Waals surface area contributed by atoms with Gasteiger partial charge in [-0.1, -0.05) is 13.8 Å². The van der Waals surface area contributed by atoms with Gasteiger partial charge in [-0.05, 0) is 13.0 Å². The minimum absolute atomic E-state index is 0.254. The lowest BCUT2D eigenvalue weighted by Crippen LogP contribution is -2.20. The van der Waals surface area contributed by atoms with Crippen LogP contribution >= 0.6 is 0 Å². The predicted molar refractivity (Wildman–Crippen MR) is 76.1 cm³/mol. The number of nitrogens with two attached hydrogens (primary N) is 1. The fraction of sp³-hybridized carbons (Fsp3) is 0.429. The number of hydrogen-bond donors (Lipinski definition) is 1. The predicted octanol–water partition coefficient (Wildman–Crippen LogP) is 2.72. The van der Waals surface area contributed by atoms with Gasteiger partial charge in [0.05, 0.1) is 12.5 Å². The maximum atomic E-state index is 5.97. The molecule has 0 saturated heterocycles. The normalized spacial score (nSPS) is 11.0. The van der Waals surface area contributed by atoms with Crippen molar-refractivity contribution in [2.24, 2.45) is 0 Å². The summed E-state index contributed by atoms with van der Waals surface area (Å²) in [5, 5.41) is 0. The summed E-state index contributed by atoms with van der Waals surface area (Å²) in [6.45, 7) is 6.79. The Hall–Kier alpha value is -2.04. The first-order valence-electron chi connectivity index (χ1n) is 6.35. The van der Waals surface area contributed by atoms with Gasteiger partial charge in [-0.25, -0.2) is 9.97 Å². The molecule has 102 valence electrons. The summed E-state index contributed by atoms with van der Waals surface area (Å²) < 4.78 is 5.08. The van der Waals surface area contributed by atoms with Crippen molar-refractivity contribution in [2.45, 2.75) is 33.2 Å². The number of aromatic nitrogens is 2. The standard InChI is InChI=1S/C14H20N4O/c1-9(2)13-16-12(15)10(3)14(17-13)18(4)7-11-5-6-19-8-11/h5-6,8-9H,7H2,1-4H3,(H2,15,16,17). The SMILES string of the molecule is Cc1c(N)nc(C(C)C)nc1N(C)Cc1ccoc1. The van der Waals surface area contributed by atoms with Crippen LogP contribution in [0.1, 0.15) is 36.7 Å². The van der Waals surface area contributed by atoms with Gasteiger partial charge in [0.2, 0.25) is 0 Å². The van der Waals surface area contributed by atoms with Crippen molar-refractivity contribution >= 4 is 11.6 Å². The number of anilines is 2. The first-order chi connectivity index (χ1) is 8.99. The van der Waals surface area contributed by atoms with Gasteiger partial charge in [0, 0.05) is 30.6 Å². The molecular formula is C14H20N4O. The molecule has 0 radical (unpaired) electrons. The second kappa shape index (κ2) is 5.30. The highest BCUT2D eigenvalue weighted by Gasteiger charge is 2.14. The van der Waals surface area contributed by atoms with Crippen molar-refractivity contribution in [1.29, 1.82) is 0 Å². The van der Waals surface area contributed by atoms with E-state index in [-0.39, 0.29) is 5.92 Å². The van der Waals surface area contributed by atoms with Gasteiger partial charge in [-0.2, -0.15) is 0 Å². The Morgan fingerprint density at radius 3 is 2.68 bits per heavy atom. The lowest BCUT2D eigenvalue weighted by molar-refractivity contribution is 0.563. The van der Waals surface area contributed by atoms with Crippen molar-refractivity contribution in [3.05, 3.63) is 35.5 Å². The topological polar surface area (TPSA) is 68.2 Å². The van der Waals surface area contributed by atoms with Crippen molar-refractivity contribution in [2.75, 3.05) is 17.7 Å². The number of rotatable bonds is 4. The number of hydrogen-bond acceptors (Lipinski definition) is 5. The van der Waals surface area contributed by atoms with Gasteiger partial charge >= 0.3 is 0 Å². The molecule has 0 atom stereocenters. The van der Waals surface area contributed by atoms with Crippen LogP contribution in [-0.2, 0) is 6.54 Å². The van der Waals surface area contributed by atoms with Gasteiger partial charge in [0.1, 0.15) is 17.5 Å². The van der Waals surface area contributed by atoms with Crippen LogP contribution in [0.15, 0.2) is 23.0 Å². The van der Waals surface area contributed by atoms with Gasteiger partial charge in [-0.15, -0.1) is 0 Å². The maximum Gasteiger partial charge on any atom is 0.137 e. The van der Waals surface area contributed by atoms with Crippen molar-refractivity contribution in [3.63, 3.8) is 0 Å². The van der Waals surface area contributed by atoms with Crippen LogP contribution in [0, 0.1) is 6.92 Å². The number of furan rings is 1. The maximum absolute atomic E-state index is 5.97. The molecule has 0 aliphatic rings. The highest BCUT2D eigenvalue weighted by molar-refractivity contribution is 5.56. The largest absolute Gasteiger partial charge is 0.472 e. The molecule has 0 fully saturated rings. The first kappa shape index (κ1) is 13.4. The molecule has 0 bridgehead atoms. The summed E-state index contributed by atoms with van der Waals surface area (Å²) in [5.74, 6) is 2.45. The monoisotopic (exact) mass is 260 g/mol. The van der Waals surface area contributed by atoms with Crippen LogP contribution in [0.25, 0.3) is 0 Å². The molecule has 5 heteroatoms. The zero-order chi connectivity index (χ0) is 14.0. The Bertz CT molecular complexity index is 549. The van der Waals surface area contributed by atoms with Crippen LogP contribution in [0.2, 0.25) is 0 Å². The average Bonchev–Trinajstić information content (AvgIpc) is 2.84. The number of nitrogens with zero attached hydrogens (tertiary/aromatic N) is 3. The Balaban J connectivity index is 2.32. The highest BCUT2D eigenvalue weighted by Crippen LogP contribution is 2.24. The highest BCUT2D eigenvalue weighted by atomic mass is 16.3. The van der Waals surface area contributed by atoms with E-state index in [1.807, 2.05) is 20.0 Å². The van der Waals surface area contributed by atoms with E-state index in [4.69, 9.17) is 10.2 Å². The third kappa shape index (κ3) is 2.86. The van der Waals surface area contributed by atoms with Crippen LogP contribution < -0.4 is 10.6 Å². The molecule has 2 aromatic heterocycles. The van der Waals surface area contributed by atoms with E-state index < -0.39 is 0 Å². The summed E-state index contributed by atoms with van der Waals surface area (Å²) >= 11 is 0. The quantitative estimate of drug-likeness (QED) is 0.915. The summed E-state index contributed by atoms with van der Waals surface area (Å²) in [6, 6.07) is 1.94. The first-order valence-corrected chi connectivity index (χ1v) is 6.35. The summed E-state index contributed by atoms with van der Waals surface area (Å²) in [6.07, 6.45) is 3.41. The molecule has 0 aromatic carbocycles. The minimum atomic E-state index is 0.254. The fourth-order valence-electron chi connectivity index (χ4n) is 1.90. The molecule has 5 nitrogen and oxygen atoms in total. The fourth-order valence-corrected chi connectivity index (χ4v) is 1.90. The van der Waals surface area contributed by atoms with Crippen molar-refractivity contribution in [1.82, 2.24) is 9.97 Å². The molecule has 0 spiro atoms. The zero-order valence-electron chi connectivity index (χ0n) is 11.8. The van der Waals surface area contributed by atoms with Crippen molar-refractivity contribution in [3.8, 4) is 0 Å². The molecule has 0 aliphatic carbocycles. The van der Waals surface area contributed by atoms with Gasteiger partial charge in [0.25, 0.3) is 0 Å². The lowest BCUT2D eigenvalue weighted by Gasteiger charge is -2.21. The van der Waals surface area contributed by atoms with Crippen LogP contribution in [0.4, 0.5) is 11.6 Å². The van der Waals surface area contributed by atoms with Crippen molar-refractivity contribution < 1.29 is 4.42 Å². The van der Waals surface area contributed by atoms with E-state index in [0.29, 0.717) is 5.82 Å². The smallest absolute Gasteiger partial charge is 0.137 e. The Labute approximate surface area is 113 Å². The summed E-state index contributed by atoms with van der Waals surface area (Å²) in [7, 11) is 1.99. The number of nitrogen functional groups attached to an aromatic ring is 1. The molecule has 0 amide bonds. The van der Waals surface area contributed by atoms with E-state index >= 15 is 0 Å². The summed E-state index contributed by atoms with van der Waals surface area (Å²) in [4.78, 5) is 11.0. The molecule has 0 saturated carbocycles. The van der Waals surface area contributed by atoms with Crippen LogP contribution in [0.3, 0.4) is 0 Å². The Morgan fingerprint density at radius 1 is 1.37 bits per heavy atom. The molecule has 2 aromatic rings. The Morgan fingerprint density at radius 2 is 2.11 bits per heavy atom. The zero-order valence-corrected chi connectivity index (χ0v) is 11.8. The molecule has 0 unspecified atom stereocenters. The molecule has 0 aliphatic heterocycles. The van der Waals surface area contributed by atoms with E-state index in [9.17, 15) is 0 Å². The Kier molecular flexibility index (Phi) is 3.74. The third-order valence-corrected chi connectivity index (χ3v) is 3.05. The van der Waals surface area contributed by atoms with Gasteiger partial charge in [-0.3, -0.25) is 0 Å². The average molecular weight is 260 g/mol. The molecule has 2 N–H and O–H groups in total. The van der Waals surface area contributed by atoms with Gasteiger partial charge < -0.3 is 15.1 Å². The molecular weight excluding hydrogens is 240 g/mol. The van der Waals surface area contributed by atoms with Crippen LogP contribution in [0.5, 0.6) is 0 Å². The summed E-state index contributed by atoms with van der Waals surface area (Å²) in [5.41, 5.74) is 7.99. The second-order valence-electron chi connectivity index (χ2n) is 5.06. The van der Waals surface area contributed by atoms with Crippen LogP contribution in [-0.4, -0.2) is 17.0 Å². The van der Waals surface area contributed by atoms with E-state index in [1.54, 1.807) is 12.5 Å².